The summed E-state index contributed by atoms with van der Waals surface area (Å²) in [6.45, 7) is 3.83. The van der Waals surface area contributed by atoms with Gasteiger partial charge in [-0.25, -0.2) is 0 Å². The Kier molecular flexibility index (Phi) is 6.97. The Bertz CT molecular complexity index is 643. The second-order valence-corrected chi connectivity index (χ2v) is 6.07. The number of amides is 1. The van der Waals surface area contributed by atoms with Gasteiger partial charge in [-0.3, -0.25) is 9.69 Å². The van der Waals surface area contributed by atoms with Crippen LogP contribution in [0.15, 0.2) is 54.6 Å². The monoisotopic (exact) mass is 326 g/mol. The number of hydrogen-bond donors (Lipinski definition) is 2. The Morgan fingerprint density at radius 1 is 1.17 bits per heavy atom. The van der Waals surface area contributed by atoms with Crippen molar-refractivity contribution in [2.45, 2.75) is 26.0 Å². The molecule has 24 heavy (non-hydrogen) atoms. The predicted octanol–water partition coefficient (Wildman–Crippen LogP) is 2.67. The first-order valence-corrected chi connectivity index (χ1v) is 8.30. The second kappa shape index (κ2) is 9.21. The van der Waals surface area contributed by atoms with Gasteiger partial charge in [0.05, 0.1) is 6.10 Å². The van der Waals surface area contributed by atoms with Gasteiger partial charge in [0.1, 0.15) is 0 Å². The first-order valence-electron chi connectivity index (χ1n) is 8.30. The molecular formula is C20H26N2O2. The van der Waals surface area contributed by atoms with Crippen LogP contribution in [0.2, 0.25) is 0 Å². The molecule has 1 unspecified atom stereocenters. The zero-order valence-electron chi connectivity index (χ0n) is 14.4. The molecule has 128 valence electrons. The van der Waals surface area contributed by atoms with Gasteiger partial charge in [0.25, 0.3) is 0 Å². The molecule has 0 bridgehead atoms. The number of nitrogens with one attached hydrogen (secondary N) is 1. The number of carbonyl (C=O) groups excluding carboxylic acids is 1. The lowest BCUT2D eigenvalue weighted by Crippen LogP contribution is -2.32. The summed E-state index contributed by atoms with van der Waals surface area (Å²) < 4.78 is 0. The first kappa shape index (κ1) is 18.2. The third-order valence-corrected chi connectivity index (χ3v) is 4.04. The van der Waals surface area contributed by atoms with Gasteiger partial charge < -0.3 is 10.4 Å². The maximum atomic E-state index is 11.6. The zero-order valence-corrected chi connectivity index (χ0v) is 14.4. The molecule has 2 aromatic rings. The molecule has 4 heteroatoms. The molecule has 0 saturated heterocycles. The molecule has 0 heterocycles. The van der Waals surface area contributed by atoms with E-state index in [1.807, 2.05) is 49.4 Å². The van der Waals surface area contributed by atoms with E-state index in [1.54, 1.807) is 7.05 Å². The third kappa shape index (κ3) is 5.80. The molecule has 1 atom stereocenters. The fourth-order valence-corrected chi connectivity index (χ4v) is 2.69. The first-order chi connectivity index (χ1) is 11.6. The summed E-state index contributed by atoms with van der Waals surface area (Å²) in [4.78, 5) is 13.7. The van der Waals surface area contributed by atoms with Crippen molar-refractivity contribution >= 4 is 5.91 Å². The topological polar surface area (TPSA) is 52.6 Å². The molecule has 0 aliphatic heterocycles. The van der Waals surface area contributed by atoms with Gasteiger partial charge in [-0.05, 0) is 18.1 Å². The maximum absolute atomic E-state index is 11.6. The van der Waals surface area contributed by atoms with Crippen molar-refractivity contribution in [3.63, 3.8) is 0 Å². The summed E-state index contributed by atoms with van der Waals surface area (Å²) in [5, 5.41) is 13.2. The molecule has 0 aliphatic rings. The van der Waals surface area contributed by atoms with Gasteiger partial charge in [-0.2, -0.15) is 0 Å². The lowest BCUT2D eigenvalue weighted by atomic mass is 10.1. The van der Waals surface area contributed by atoms with E-state index in [2.05, 4.69) is 22.3 Å². The minimum atomic E-state index is -0.571. The van der Waals surface area contributed by atoms with E-state index in [1.165, 1.54) is 5.56 Å². The number of rotatable bonds is 8. The Balaban J connectivity index is 2.04. The van der Waals surface area contributed by atoms with Gasteiger partial charge in [0.2, 0.25) is 5.91 Å². The summed E-state index contributed by atoms with van der Waals surface area (Å²) in [6.07, 6.45) is -0.151. The van der Waals surface area contributed by atoms with Crippen molar-refractivity contribution in [3.8, 4) is 0 Å². The Labute approximate surface area is 144 Å². The van der Waals surface area contributed by atoms with E-state index < -0.39 is 6.10 Å². The van der Waals surface area contributed by atoms with Crippen molar-refractivity contribution in [3.05, 3.63) is 71.3 Å². The van der Waals surface area contributed by atoms with E-state index in [4.69, 9.17) is 0 Å². The lowest BCUT2D eigenvalue weighted by molar-refractivity contribution is -0.121. The number of hydrogen-bond acceptors (Lipinski definition) is 3. The zero-order chi connectivity index (χ0) is 17.4. The smallest absolute Gasteiger partial charge is 0.221 e. The van der Waals surface area contributed by atoms with Gasteiger partial charge in [-0.15, -0.1) is 0 Å². The molecule has 2 rings (SSSR count). The molecule has 0 aliphatic carbocycles. The number of carbonyl (C=O) groups is 1. The fourth-order valence-electron chi connectivity index (χ4n) is 2.69. The molecule has 1 amide bonds. The predicted molar refractivity (Wildman–Crippen MR) is 96.5 cm³/mol. The van der Waals surface area contributed by atoms with Crippen LogP contribution in [-0.2, 0) is 11.3 Å². The SMILES string of the molecule is CNC(=O)CCN(Cc1ccccc1)CC(O)c1cccc(C)c1. The van der Waals surface area contributed by atoms with Crippen molar-refractivity contribution in [1.29, 1.82) is 0 Å². The number of benzene rings is 2. The highest BCUT2D eigenvalue weighted by molar-refractivity contribution is 5.75. The van der Waals surface area contributed by atoms with Gasteiger partial charge in [0.15, 0.2) is 0 Å². The highest BCUT2D eigenvalue weighted by atomic mass is 16.3. The van der Waals surface area contributed by atoms with Crippen LogP contribution in [0, 0.1) is 6.92 Å². The molecule has 0 saturated carbocycles. The van der Waals surface area contributed by atoms with Crippen LogP contribution in [0.4, 0.5) is 0 Å². The van der Waals surface area contributed by atoms with Crippen LogP contribution < -0.4 is 5.32 Å². The summed E-state index contributed by atoms with van der Waals surface area (Å²) in [6, 6.07) is 18.0. The van der Waals surface area contributed by atoms with Crippen molar-refractivity contribution in [1.82, 2.24) is 10.2 Å². The third-order valence-electron chi connectivity index (χ3n) is 4.04. The fraction of sp³-hybridized carbons (Fsp3) is 0.350. The lowest BCUT2D eigenvalue weighted by Gasteiger charge is -2.25. The highest BCUT2D eigenvalue weighted by Crippen LogP contribution is 2.17. The summed E-state index contributed by atoms with van der Waals surface area (Å²) in [7, 11) is 1.64. The van der Waals surface area contributed by atoms with Crippen LogP contribution in [0.25, 0.3) is 0 Å². The van der Waals surface area contributed by atoms with E-state index in [-0.39, 0.29) is 5.91 Å². The summed E-state index contributed by atoms with van der Waals surface area (Å²) >= 11 is 0. The van der Waals surface area contributed by atoms with Gasteiger partial charge in [-0.1, -0.05) is 60.2 Å². The average Bonchev–Trinajstić information content (AvgIpc) is 2.60. The molecule has 0 aromatic heterocycles. The van der Waals surface area contributed by atoms with Gasteiger partial charge in [0, 0.05) is 33.1 Å². The normalized spacial score (nSPS) is 12.2. The van der Waals surface area contributed by atoms with Crippen LogP contribution in [0.5, 0.6) is 0 Å². The van der Waals surface area contributed by atoms with Crippen molar-refractivity contribution in [2.24, 2.45) is 0 Å². The second-order valence-electron chi connectivity index (χ2n) is 6.07. The van der Waals surface area contributed by atoms with Crippen LogP contribution in [0.3, 0.4) is 0 Å². The Morgan fingerprint density at radius 2 is 1.92 bits per heavy atom. The van der Waals surface area contributed by atoms with E-state index >= 15 is 0 Å². The standard InChI is InChI=1S/C20H26N2O2/c1-16-7-6-10-18(13-16)19(23)15-22(12-11-20(24)21-2)14-17-8-4-3-5-9-17/h3-10,13,19,23H,11-12,14-15H2,1-2H3,(H,21,24). The van der Waals surface area contributed by atoms with Crippen molar-refractivity contribution in [2.75, 3.05) is 20.1 Å². The average molecular weight is 326 g/mol. The Morgan fingerprint density at radius 3 is 2.58 bits per heavy atom. The number of nitrogens with zero attached hydrogens (tertiary/aromatic N) is 1. The number of aliphatic hydroxyl groups excluding tert-OH is 1. The molecular weight excluding hydrogens is 300 g/mol. The molecule has 0 fully saturated rings. The largest absolute Gasteiger partial charge is 0.387 e. The highest BCUT2D eigenvalue weighted by Gasteiger charge is 2.15. The van der Waals surface area contributed by atoms with Crippen molar-refractivity contribution < 1.29 is 9.90 Å². The van der Waals surface area contributed by atoms with Crippen LogP contribution in [-0.4, -0.2) is 36.1 Å². The molecule has 2 aromatic carbocycles. The van der Waals surface area contributed by atoms with Gasteiger partial charge >= 0.3 is 0 Å². The summed E-state index contributed by atoms with van der Waals surface area (Å²) in [5.74, 6) is 0.0121. The number of aryl methyl sites for hydroxylation is 1. The van der Waals surface area contributed by atoms with E-state index in [0.29, 0.717) is 26.1 Å². The van der Waals surface area contributed by atoms with E-state index in [9.17, 15) is 9.90 Å². The quantitative estimate of drug-likeness (QED) is 0.784. The Hall–Kier alpha value is -2.17. The van der Waals surface area contributed by atoms with Crippen LogP contribution >= 0.6 is 0 Å². The van der Waals surface area contributed by atoms with E-state index in [0.717, 1.165) is 11.1 Å². The summed E-state index contributed by atoms with van der Waals surface area (Å²) in [5.41, 5.74) is 3.21. The molecule has 0 spiro atoms. The maximum Gasteiger partial charge on any atom is 0.221 e. The number of aliphatic hydroxyl groups is 1. The molecule has 4 nitrogen and oxygen atoms in total. The minimum absolute atomic E-state index is 0.0121. The van der Waals surface area contributed by atoms with Crippen LogP contribution in [0.1, 0.15) is 29.2 Å². The minimum Gasteiger partial charge on any atom is -0.387 e. The molecule has 0 radical (unpaired) electrons. The molecule has 2 N–H and O–H groups in total.